The van der Waals surface area contributed by atoms with Crippen molar-refractivity contribution in [3.05, 3.63) is 11.6 Å². The summed E-state index contributed by atoms with van der Waals surface area (Å²) in [5.74, 6) is 2.11. The van der Waals surface area contributed by atoms with Gasteiger partial charge in [-0.1, -0.05) is 6.82 Å². The largest absolute Gasteiger partial charge is 0.396 e. The molecule has 1 heterocycles. The van der Waals surface area contributed by atoms with E-state index in [1.807, 2.05) is 32.5 Å². The molecule has 1 aromatic rings. The van der Waals surface area contributed by atoms with E-state index in [1.54, 1.807) is 7.06 Å². The number of aryl methyl sites for hydroxylation is 2. The van der Waals surface area contributed by atoms with E-state index in [1.165, 1.54) is 0 Å². The van der Waals surface area contributed by atoms with Crippen molar-refractivity contribution in [2.45, 2.75) is 20.7 Å². The molecule has 0 aliphatic heterocycles. The van der Waals surface area contributed by atoms with Crippen LogP contribution in [0.2, 0.25) is 6.82 Å². The first-order valence-electron chi connectivity index (χ1n) is 4.51. The van der Waals surface area contributed by atoms with Gasteiger partial charge in [0.05, 0.1) is 7.06 Å². The van der Waals surface area contributed by atoms with E-state index in [2.05, 4.69) is 15.0 Å². The minimum Gasteiger partial charge on any atom is -0.396 e. The summed E-state index contributed by atoms with van der Waals surface area (Å²) in [5.41, 5.74) is 0. The summed E-state index contributed by atoms with van der Waals surface area (Å²) in [4.78, 5) is 14.5. The first kappa shape index (κ1) is 11.1. The number of anilines is 1. The number of hydrogen-bond donors (Lipinski definition) is 0. The monoisotopic (exact) mass is 185 g/mol. The van der Waals surface area contributed by atoms with E-state index < -0.39 is 0 Å². The van der Waals surface area contributed by atoms with Gasteiger partial charge in [-0.3, -0.25) is 0 Å². The summed E-state index contributed by atoms with van der Waals surface area (Å²) in [6.07, 6.45) is 0. The molecule has 0 aliphatic rings. The lowest BCUT2D eigenvalue weighted by Gasteiger charge is -2.22. The fourth-order valence-corrected chi connectivity index (χ4v) is 1.07. The van der Waals surface area contributed by atoms with E-state index >= 15 is 0 Å². The highest BCUT2D eigenvalue weighted by molar-refractivity contribution is 7.31. The Morgan fingerprint density at radius 1 is 1.21 bits per heavy atom. The maximum absolute atomic E-state index is 5.45. The molecular formula is C7H12B3N4. The maximum atomic E-state index is 5.45. The predicted octanol–water partition coefficient (Wildman–Crippen LogP) is -0.170. The molecule has 0 aromatic carbocycles. The molecule has 0 N–H and O–H groups in total. The molecule has 3 radical (unpaired) electrons. The second kappa shape index (κ2) is 4.48. The van der Waals surface area contributed by atoms with Gasteiger partial charge in [0.1, 0.15) is 11.6 Å². The van der Waals surface area contributed by atoms with Gasteiger partial charge in [0, 0.05) is 7.74 Å². The number of rotatable bonds is 3. The Bertz CT molecular complexity index is 300. The molecular weight excluding hydrogens is 173 g/mol. The van der Waals surface area contributed by atoms with Crippen LogP contribution in [0.4, 0.5) is 5.95 Å². The summed E-state index contributed by atoms with van der Waals surface area (Å²) < 4.78 is 0. The summed E-state index contributed by atoms with van der Waals surface area (Å²) in [6, 6.07) is 0. The van der Waals surface area contributed by atoms with Gasteiger partial charge in [-0.15, -0.1) is 0 Å². The normalized spacial score (nSPS) is 9.71. The van der Waals surface area contributed by atoms with Crippen LogP contribution < -0.4 is 4.81 Å². The highest BCUT2D eigenvalue weighted by Gasteiger charge is 2.14. The van der Waals surface area contributed by atoms with Crippen molar-refractivity contribution >= 4 is 27.5 Å². The molecule has 0 bridgehead atoms. The molecule has 7 heteroatoms. The second-order valence-electron chi connectivity index (χ2n) is 3.27. The van der Waals surface area contributed by atoms with Gasteiger partial charge in [-0.2, -0.15) is 9.97 Å². The summed E-state index contributed by atoms with van der Waals surface area (Å²) in [5, 5.41) is 0. The van der Waals surface area contributed by atoms with Crippen LogP contribution in [0.5, 0.6) is 0 Å². The van der Waals surface area contributed by atoms with E-state index in [0.717, 1.165) is 11.6 Å². The Hall–Kier alpha value is -0.995. The number of nitrogens with zero attached hydrogens (tertiary/aromatic N) is 4. The topological polar surface area (TPSA) is 41.9 Å². The number of aromatic nitrogens is 3. The van der Waals surface area contributed by atoms with Crippen LogP contribution in [-0.2, 0) is 0 Å². The quantitative estimate of drug-likeness (QED) is 0.612. The predicted molar refractivity (Wildman–Crippen MR) is 60.8 cm³/mol. The van der Waals surface area contributed by atoms with Crippen molar-refractivity contribution in [1.82, 2.24) is 15.0 Å². The molecule has 4 nitrogen and oxygen atoms in total. The molecule has 14 heavy (non-hydrogen) atoms. The zero-order valence-corrected chi connectivity index (χ0v) is 9.02. The van der Waals surface area contributed by atoms with Gasteiger partial charge in [-0.05, 0) is 20.9 Å². The van der Waals surface area contributed by atoms with Crippen molar-refractivity contribution in [2.75, 3.05) is 11.9 Å². The van der Waals surface area contributed by atoms with Crippen LogP contribution in [-0.4, -0.2) is 43.5 Å². The minimum atomic E-state index is 0.108. The van der Waals surface area contributed by atoms with Crippen LogP contribution in [0, 0.1) is 13.8 Å². The molecule has 0 amide bonds. The van der Waals surface area contributed by atoms with Crippen molar-refractivity contribution in [3.8, 4) is 0 Å². The smallest absolute Gasteiger partial charge is 0.215 e. The third-order valence-corrected chi connectivity index (χ3v) is 2.05. The summed E-state index contributed by atoms with van der Waals surface area (Å²) >= 11 is 0. The van der Waals surface area contributed by atoms with E-state index in [-0.39, 0.29) is 6.74 Å². The van der Waals surface area contributed by atoms with Crippen LogP contribution in [0.25, 0.3) is 0 Å². The van der Waals surface area contributed by atoms with E-state index in [4.69, 9.17) is 7.74 Å². The Morgan fingerprint density at radius 2 is 1.71 bits per heavy atom. The Labute approximate surface area is 87.3 Å². The molecule has 0 aliphatic carbocycles. The SMILES string of the molecule is [B][B]B(C)N(C)c1nc(C)nc(C)n1. The summed E-state index contributed by atoms with van der Waals surface area (Å²) in [7, 11) is 8.96. The first-order chi connectivity index (χ1) is 6.54. The molecule has 0 atom stereocenters. The average molecular weight is 185 g/mol. The Balaban J connectivity index is 2.94. The van der Waals surface area contributed by atoms with Crippen molar-refractivity contribution in [1.29, 1.82) is 0 Å². The Morgan fingerprint density at radius 3 is 2.14 bits per heavy atom. The molecule has 1 aromatic heterocycles. The molecule has 0 saturated heterocycles. The fraction of sp³-hybridized carbons (Fsp3) is 0.571. The molecule has 0 unspecified atom stereocenters. The first-order valence-corrected chi connectivity index (χ1v) is 4.51. The molecule has 0 spiro atoms. The molecule has 69 valence electrons. The fourth-order valence-electron chi connectivity index (χ4n) is 1.07. The standard InChI is InChI=1S/C7H12B3N4/c1-5-11-6(2)13-7(12-5)14(4)10(3)9-8/h1-4H3. The van der Waals surface area contributed by atoms with Crippen LogP contribution >= 0.6 is 0 Å². The van der Waals surface area contributed by atoms with Gasteiger partial charge in [0.25, 0.3) is 0 Å². The highest BCUT2D eigenvalue weighted by Crippen LogP contribution is 2.06. The Kier molecular flexibility index (Phi) is 3.55. The zero-order chi connectivity index (χ0) is 10.7. The highest BCUT2D eigenvalue weighted by atomic mass is 15.2. The van der Waals surface area contributed by atoms with E-state index in [9.17, 15) is 0 Å². The second-order valence-corrected chi connectivity index (χ2v) is 3.27. The van der Waals surface area contributed by atoms with Crippen LogP contribution in [0.3, 0.4) is 0 Å². The van der Waals surface area contributed by atoms with Crippen molar-refractivity contribution in [3.63, 3.8) is 0 Å². The van der Waals surface area contributed by atoms with Crippen molar-refractivity contribution in [2.24, 2.45) is 0 Å². The van der Waals surface area contributed by atoms with Crippen LogP contribution in [0.15, 0.2) is 0 Å². The van der Waals surface area contributed by atoms with Gasteiger partial charge < -0.3 is 4.81 Å². The molecule has 1 rings (SSSR count). The van der Waals surface area contributed by atoms with Crippen LogP contribution in [0.1, 0.15) is 11.6 Å². The van der Waals surface area contributed by atoms with Gasteiger partial charge in [0.2, 0.25) is 5.95 Å². The maximum Gasteiger partial charge on any atom is 0.215 e. The van der Waals surface area contributed by atoms with Gasteiger partial charge >= 0.3 is 0 Å². The van der Waals surface area contributed by atoms with E-state index in [0.29, 0.717) is 5.95 Å². The lowest BCUT2D eigenvalue weighted by molar-refractivity contribution is 0.906. The lowest BCUT2D eigenvalue weighted by atomic mass is 9.20. The molecule has 0 fully saturated rings. The lowest BCUT2D eigenvalue weighted by Crippen LogP contribution is -2.40. The van der Waals surface area contributed by atoms with Gasteiger partial charge in [0.15, 0.2) is 6.74 Å². The van der Waals surface area contributed by atoms with Gasteiger partial charge in [-0.25, -0.2) is 4.98 Å². The number of hydrogen-bond acceptors (Lipinski definition) is 4. The minimum absolute atomic E-state index is 0.108. The average Bonchev–Trinajstić information content (AvgIpc) is 2.14. The third-order valence-electron chi connectivity index (χ3n) is 2.05. The van der Waals surface area contributed by atoms with Crippen molar-refractivity contribution < 1.29 is 0 Å². The summed E-state index contributed by atoms with van der Waals surface area (Å²) in [6.45, 7) is 5.79. The third kappa shape index (κ3) is 2.50. The molecule has 0 saturated carbocycles. The zero-order valence-electron chi connectivity index (χ0n) is 9.02.